The van der Waals surface area contributed by atoms with Crippen LogP contribution in [0.5, 0.6) is 0 Å². The fourth-order valence-electron chi connectivity index (χ4n) is 2.22. The smallest absolute Gasteiger partial charge is 0.0335 e. The van der Waals surface area contributed by atoms with Gasteiger partial charge in [0, 0.05) is 9.61 Å². The number of nitrogens with two attached hydrogens (primary N) is 1. The number of halogens is 1. The summed E-state index contributed by atoms with van der Waals surface area (Å²) in [5, 5.41) is 0. The first-order valence-corrected chi connectivity index (χ1v) is 8.04. The second-order valence-corrected chi connectivity index (χ2v) is 7.55. The Morgan fingerprint density at radius 1 is 0.950 bits per heavy atom. The molecule has 0 aliphatic rings. The van der Waals surface area contributed by atoms with Crippen molar-refractivity contribution in [1.82, 2.24) is 0 Å². The molecule has 0 saturated heterocycles. The third-order valence-corrected chi connectivity index (χ3v) is 4.29. The van der Waals surface area contributed by atoms with Crippen LogP contribution in [0.25, 0.3) is 0 Å². The lowest BCUT2D eigenvalue weighted by atomic mass is 9.86. The van der Waals surface area contributed by atoms with E-state index in [1.807, 2.05) is 0 Å². The number of hydrogen-bond donors (Lipinski definition) is 1. The molecule has 0 fully saturated rings. The summed E-state index contributed by atoms with van der Waals surface area (Å²) in [6.07, 6.45) is 0.880. The van der Waals surface area contributed by atoms with Crippen LogP contribution in [-0.4, -0.2) is 0 Å². The fourth-order valence-corrected chi connectivity index (χ4v) is 2.58. The van der Waals surface area contributed by atoms with Crippen molar-refractivity contribution in [3.8, 4) is 0 Å². The third kappa shape index (κ3) is 4.06. The molecule has 0 radical (unpaired) electrons. The number of rotatable bonds is 3. The standard InChI is InChI=1S/C18H22IN/c1-18(2,3)15-8-4-13(5-9-15)12-17(20)14-6-10-16(19)11-7-14/h4-11,17H,12,20H2,1-3H3. The highest BCUT2D eigenvalue weighted by Gasteiger charge is 2.13. The molecule has 2 heteroatoms. The molecule has 0 aliphatic carbocycles. The Hall–Kier alpha value is -0.870. The van der Waals surface area contributed by atoms with Crippen LogP contribution in [0.2, 0.25) is 0 Å². The molecule has 1 atom stereocenters. The van der Waals surface area contributed by atoms with Crippen LogP contribution in [0.15, 0.2) is 48.5 Å². The summed E-state index contributed by atoms with van der Waals surface area (Å²) in [6, 6.07) is 17.4. The molecule has 0 aliphatic heterocycles. The van der Waals surface area contributed by atoms with Crippen molar-refractivity contribution in [2.75, 3.05) is 0 Å². The summed E-state index contributed by atoms with van der Waals surface area (Å²) in [4.78, 5) is 0. The van der Waals surface area contributed by atoms with Gasteiger partial charge in [0.15, 0.2) is 0 Å². The zero-order valence-corrected chi connectivity index (χ0v) is 14.5. The molecule has 1 nitrogen and oxygen atoms in total. The van der Waals surface area contributed by atoms with Crippen molar-refractivity contribution in [3.63, 3.8) is 0 Å². The second kappa shape index (κ2) is 6.27. The molecule has 2 rings (SSSR count). The first kappa shape index (κ1) is 15.5. The average Bonchev–Trinajstić information content (AvgIpc) is 2.39. The summed E-state index contributed by atoms with van der Waals surface area (Å²) in [7, 11) is 0. The van der Waals surface area contributed by atoms with Gasteiger partial charge < -0.3 is 5.73 Å². The first-order chi connectivity index (χ1) is 9.36. The van der Waals surface area contributed by atoms with Crippen LogP contribution in [0.1, 0.15) is 43.5 Å². The molecule has 0 heterocycles. The van der Waals surface area contributed by atoms with E-state index in [0.717, 1.165) is 6.42 Å². The highest BCUT2D eigenvalue weighted by atomic mass is 127. The minimum atomic E-state index is 0.0625. The highest BCUT2D eigenvalue weighted by Crippen LogP contribution is 2.24. The van der Waals surface area contributed by atoms with E-state index in [1.165, 1.54) is 20.3 Å². The van der Waals surface area contributed by atoms with Crippen molar-refractivity contribution < 1.29 is 0 Å². The van der Waals surface area contributed by atoms with E-state index >= 15 is 0 Å². The predicted octanol–water partition coefficient (Wildman–Crippen LogP) is 4.83. The Labute approximate surface area is 135 Å². The van der Waals surface area contributed by atoms with Gasteiger partial charge in [-0.3, -0.25) is 0 Å². The molecule has 0 amide bonds. The van der Waals surface area contributed by atoms with Gasteiger partial charge in [0.05, 0.1) is 0 Å². The Morgan fingerprint density at radius 2 is 1.50 bits per heavy atom. The normalized spacial score (nSPS) is 13.2. The predicted molar refractivity (Wildman–Crippen MR) is 94.9 cm³/mol. The van der Waals surface area contributed by atoms with E-state index in [9.17, 15) is 0 Å². The maximum atomic E-state index is 6.30. The molecule has 0 aromatic heterocycles. The van der Waals surface area contributed by atoms with Gasteiger partial charge in [0.2, 0.25) is 0 Å². The third-order valence-electron chi connectivity index (χ3n) is 3.57. The highest BCUT2D eigenvalue weighted by molar-refractivity contribution is 14.1. The summed E-state index contributed by atoms with van der Waals surface area (Å²) >= 11 is 2.31. The zero-order chi connectivity index (χ0) is 14.8. The van der Waals surface area contributed by atoms with Crippen LogP contribution >= 0.6 is 22.6 Å². The molecule has 1 unspecified atom stereocenters. The maximum Gasteiger partial charge on any atom is 0.0335 e. The van der Waals surface area contributed by atoms with Crippen LogP contribution in [0, 0.1) is 3.57 Å². The number of benzene rings is 2. The largest absolute Gasteiger partial charge is 0.324 e. The van der Waals surface area contributed by atoms with Gasteiger partial charge in [-0.05, 0) is 63.2 Å². The lowest BCUT2D eigenvalue weighted by molar-refractivity contribution is 0.589. The van der Waals surface area contributed by atoms with Gasteiger partial charge in [0.25, 0.3) is 0 Å². The van der Waals surface area contributed by atoms with Crippen molar-refractivity contribution in [2.45, 2.75) is 38.6 Å². The summed E-state index contributed by atoms with van der Waals surface area (Å²) in [6.45, 7) is 6.71. The molecule has 2 N–H and O–H groups in total. The van der Waals surface area contributed by atoms with Crippen LogP contribution in [0.3, 0.4) is 0 Å². The molecular formula is C18H22IN. The van der Waals surface area contributed by atoms with Crippen LogP contribution in [0.4, 0.5) is 0 Å². The Balaban J connectivity index is 2.08. The molecule has 2 aromatic carbocycles. The second-order valence-electron chi connectivity index (χ2n) is 6.31. The van der Waals surface area contributed by atoms with E-state index < -0.39 is 0 Å². The average molecular weight is 379 g/mol. The minimum absolute atomic E-state index is 0.0625. The quantitative estimate of drug-likeness (QED) is 0.760. The topological polar surface area (TPSA) is 26.0 Å². The number of hydrogen-bond acceptors (Lipinski definition) is 1. The molecule has 2 aromatic rings. The van der Waals surface area contributed by atoms with E-state index in [0.29, 0.717) is 0 Å². The SMILES string of the molecule is CC(C)(C)c1ccc(CC(N)c2ccc(I)cc2)cc1. The van der Waals surface area contributed by atoms with Gasteiger partial charge in [-0.2, -0.15) is 0 Å². The monoisotopic (exact) mass is 379 g/mol. The Morgan fingerprint density at radius 3 is 2.00 bits per heavy atom. The molecule has 0 spiro atoms. The van der Waals surface area contributed by atoms with E-state index in [-0.39, 0.29) is 11.5 Å². The minimum Gasteiger partial charge on any atom is -0.324 e. The van der Waals surface area contributed by atoms with Crippen LogP contribution in [-0.2, 0) is 11.8 Å². The van der Waals surface area contributed by atoms with E-state index in [2.05, 4.69) is 91.9 Å². The molecule has 106 valence electrons. The molecule has 20 heavy (non-hydrogen) atoms. The van der Waals surface area contributed by atoms with Crippen molar-refractivity contribution >= 4 is 22.6 Å². The van der Waals surface area contributed by atoms with Gasteiger partial charge in [-0.15, -0.1) is 0 Å². The lowest BCUT2D eigenvalue weighted by Gasteiger charge is -2.19. The summed E-state index contributed by atoms with van der Waals surface area (Å²) in [5.41, 5.74) is 10.4. The van der Waals surface area contributed by atoms with E-state index in [4.69, 9.17) is 5.73 Å². The zero-order valence-electron chi connectivity index (χ0n) is 12.4. The van der Waals surface area contributed by atoms with Gasteiger partial charge >= 0.3 is 0 Å². The van der Waals surface area contributed by atoms with Gasteiger partial charge in [0.1, 0.15) is 0 Å². The van der Waals surface area contributed by atoms with Crippen LogP contribution < -0.4 is 5.73 Å². The van der Waals surface area contributed by atoms with Crippen molar-refractivity contribution in [3.05, 3.63) is 68.8 Å². The van der Waals surface area contributed by atoms with E-state index in [1.54, 1.807) is 0 Å². The van der Waals surface area contributed by atoms with Gasteiger partial charge in [-0.1, -0.05) is 57.2 Å². The van der Waals surface area contributed by atoms with Gasteiger partial charge in [-0.25, -0.2) is 0 Å². The molecule has 0 bridgehead atoms. The Bertz CT molecular complexity index is 549. The Kier molecular flexibility index (Phi) is 4.86. The first-order valence-electron chi connectivity index (χ1n) is 6.97. The fraction of sp³-hybridized carbons (Fsp3) is 0.333. The molecular weight excluding hydrogens is 357 g/mol. The van der Waals surface area contributed by atoms with Crippen molar-refractivity contribution in [2.24, 2.45) is 5.73 Å². The molecule has 0 saturated carbocycles. The lowest BCUT2D eigenvalue weighted by Crippen LogP contribution is -2.14. The van der Waals surface area contributed by atoms with Crippen molar-refractivity contribution in [1.29, 1.82) is 0 Å². The summed E-state index contributed by atoms with van der Waals surface area (Å²) < 4.78 is 1.24. The maximum absolute atomic E-state index is 6.30. The summed E-state index contributed by atoms with van der Waals surface area (Å²) in [5.74, 6) is 0.